The maximum Gasteiger partial charge on any atom is 0.271 e. The molecule has 2 N–H and O–H groups in total. The number of carbonyl (C=O) groups excluding carboxylic acids is 2. The highest BCUT2D eigenvalue weighted by molar-refractivity contribution is 6.10. The zero-order chi connectivity index (χ0) is 25.5. The van der Waals surface area contributed by atoms with Crippen molar-refractivity contribution >= 4 is 28.9 Å². The van der Waals surface area contributed by atoms with Crippen LogP contribution in [0.15, 0.2) is 54.6 Å². The molecular formula is C24H23N3O8. The van der Waals surface area contributed by atoms with E-state index in [1.165, 1.54) is 46.6 Å². The van der Waals surface area contributed by atoms with Crippen molar-refractivity contribution in [3.63, 3.8) is 0 Å². The van der Waals surface area contributed by atoms with Crippen LogP contribution in [0.1, 0.15) is 20.7 Å². The second-order valence-corrected chi connectivity index (χ2v) is 7.07. The number of hydrogen-bond donors (Lipinski definition) is 2. The molecule has 2 amide bonds. The van der Waals surface area contributed by atoms with Gasteiger partial charge < -0.3 is 29.6 Å². The van der Waals surface area contributed by atoms with Gasteiger partial charge >= 0.3 is 0 Å². The first-order valence-electron chi connectivity index (χ1n) is 10.2. The molecule has 0 aliphatic heterocycles. The summed E-state index contributed by atoms with van der Waals surface area (Å²) in [7, 11) is 5.80. The molecule has 0 aliphatic carbocycles. The molecule has 11 heteroatoms. The fourth-order valence-electron chi connectivity index (χ4n) is 3.19. The van der Waals surface area contributed by atoms with Crippen LogP contribution < -0.4 is 29.6 Å². The van der Waals surface area contributed by atoms with Crippen molar-refractivity contribution in [3.05, 3.63) is 75.8 Å². The Kier molecular flexibility index (Phi) is 7.72. The highest BCUT2D eigenvalue weighted by Gasteiger charge is 2.20. The first-order valence-corrected chi connectivity index (χ1v) is 10.2. The summed E-state index contributed by atoms with van der Waals surface area (Å²) in [4.78, 5) is 36.8. The Hall–Kier alpha value is -4.80. The van der Waals surface area contributed by atoms with Crippen LogP contribution >= 0.6 is 0 Å². The maximum atomic E-state index is 13.0. The van der Waals surface area contributed by atoms with Gasteiger partial charge in [0.2, 0.25) is 0 Å². The minimum atomic E-state index is -0.689. The summed E-state index contributed by atoms with van der Waals surface area (Å²) in [5.74, 6) is 0.266. The van der Waals surface area contributed by atoms with Crippen LogP contribution in [0, 0.1) is 10.1 Å². The molecule has 11 nitrogen and oxygen atoms in total. The average Bonchev–Trinajstić information content (AvgIpc) is 2.88. The van der Waals surface area contributed by atoms with Gasteiger partial charge in [-0.05, 0) is 30.3 Å². The highest BCUT2D eigenvalue weighted by Crippen LogP contribution is 2.31. The van der Waals surface area contributed by atoms with Gasteiger partial charge in [0, 0.05) is 35.4 Å². The molecule has 0 saturated carbocycles. The SMILES string of the molecule is COc1ccc(OC)c(NC(=O)c2cc(C(=O)Nc3cc(OC)ccc3OC)cc([N+](=O)[O-])c2)c1. The number of non-ortho nitro benzene ring substituents is 1. The van der Waals surface area contributed by atoms with Crippen molar-refractivity contribution in [2.75, 3.05) is 39.1 Å². The molecule has 0 unspecified atom stereocenters. The van der Waals surface area contributed by atoms with E-state index in [2.05, 4.69) is 10.6 Å². The number of nitro groups is 1. The molecule has 0 saturated heterocycles. The van der Waals surface area contributed by atoms with E-state index >= 15 is 0 Å². The summed E-state index contributed by atoms with van der Waals surface area (Å²) in [6.45, 7) is 0. The normalized spacial score (nSPS) is 10.2. The van der Waals surface area contributed by atoms with Crippen molar-refractivity contribution in [2.45, 2.75) is 0 Å². The molecule has 0 fully saturated rings. The predicted molar refractivity (Wildman–Crippen MR) is 128 cm³/mol. The summed E-state index contributed by atoms with van der Waals surface area (Å²) in [5.41, 5.74) is -0.0670. The molecule has 0 atom stereocenters. The van der Waals surface area contributed by atoms with E-state index in [1.807, 2.05) is 0 Å². The van der Waals surface area contributed by atoms with E-state index in [4.69, 9.17) is 18.9 Å². The largest absolute Gasteiger partial charge is 0.497 e. The summed E-state index contributed by atoms with van der Waals surface area (Å²) < 4.78 is 20.8. The third-order valence-electron chi connectivity index (χ3n) is 4.96. The third kappa shape index (κ3) is 5.77. The minimum Gasteiger partial charge on any atom is -0.497 e. The Morgan fingerprint density at radius 1 is 0.686 bits per heavy atom. The number of carbonyl (C=O) groups is 2. The van der Waals surface area contributed by atoms with Gasteiger partial charge in [-0.2, -0.15) is 0 Å². The molecule has 35 heavy (non-hydrogen) atoms. The van der Waals surface area contributed by atoms with Crippen LogP contribution in [-0.2, 0) is 0 Å². The minimum absolute atomic E-state index is 0.105. The predicted octanol–water partition coefficient (Wildman–Crippen LogP) is 4.13. The lowest BCUT2D eigenvalue weighted by molar-refractivity contribution is -0.384. The second-order valence-electron chi connectivity index (χ2n) is 7.07. The lowest BCUT2D eigenvalue weighted by Crippen LogP contribution is -2.17. The fourth-order valence-corrected chi connectivity index (χ4v) is 3.19. The number of anilines is 2. The quantitative estimate of drug-likeness (QED) is 0.344. The second kappa shape index (κ2) is 10.9. The van der Waals surface area contributed by atoms with Crippen LogP contribution in [0.3, 0.4) is 0 Å². The fraction of sp³-hybridized carbons (Fsp3) is 0.167. The number of hydrogen-bond acceptors (Lipinski definition) is 8. The Morgan fingerprint density at radius 2 is 1.11 bits per heavy atom. The number of rotatable bonds is 9. The van der Waals surface area contributed by atoms with E-state index in [0.717, 1.165) is 12.1 Å². The van der Waals surface area contributed by atoms with E-state index in [1.54, 1.807) is 24.3 Å². The van der Waals surface area contributed by atoms with E-state index < -0.39 is 22.4 Å². The van der Waals surface area contributed by atoms with Crippen molar-refractivity contribution in [1.82, 2.24) is 0 Å². The smallest absolute Gasteiger partial charge is 0.271 e. The molecule has 0 aliphatic rings. The number of nitro benzene ring substituents is 1. The van der Waals surface area contributed by atoms with Crippen molar-refractivity contribution in [2.24, 2.45) is 0 Å². The summed E-state index contributed by atoms with van der Waals surface area (Å²) in [5, 5.41) is 16.8. The van der Waals surface area contributed by atoms with Gasteiger partial charge in [0.25, 0.3) is 17.5 Å². The molecule has 3 rings (SSSR count). The van der Waals surface area contributed by atoms with E-state index in [0.29, 0.717) is 23.0 Å². The Labute approximate surface area is 200 Å². The molecule has 0 heterocycles. The lowest BCUT2D eigenvalue weighted by Gasteiger charge is -2.13. The topological polar surface area (TPSA) is 138 Å². The monoisotopic (exact) mass is 481 g/mol. The van der Waals surface area contributed by atoms with Crippen LogP contribution in [0.5, 0.6) is 23.0 Å². The van der Waals surface area contributed by atoms with Gasteiger partial charge in [0.1, 0.15) is 23.0 Å². The van der Waals surface area contributed by atoms with Gasteiger partial charge in [0.15, 0.2) is 0 Å². The maximum absolute atomic E-state index is 13.0. The molecule has 182 valence electrons. The van der Waals surface area contributed by atoms with Crippen molar-refractivity contribution in [1.29, 1.82) is 0 Å². The van der Waals surface area contributed by atoms with Crippen LogP contribution in [0.25, 0.3) is 0 Å². The van der Waals surface area contributed by atoms with Gasteiger partial charge in [-0.1, -0.05) is 0 Å². The van der Waals surface area contributed by atoms with Gasteiger partial charge in [-0.25, -0.2) is 0 Å². The Morgan fingerprint density at radius 3 is 1.46 bits per heavy atom. The number of benzene rings is 3. The molecule has 0 aromatic heterocycles. The number of nitrogens with zero attached hydrogens (tertiary/aromatic N) is 1. The molecule has 0 radical (unpaired) electrons. The zero-order valence-corrected chi connectivity index (χ0v) is 19.4. The van der Waals surface area contributed by atoms with Crippen LogP contribution in [-0.4, -0.2) is 45.2 Å². The van der Waals surface area contributed by atoms with Crippen LogP contribution in [0.2, 0.25) is 0 Å². The van der Waals surface area contributed by atoms with Gasteiger partial charge in [-0.15, -0.1) is 0 Å². The number of ether oxygens (including phenoxy) is 4. The standard InChI is InChI=1S/C24H23N3O8/c1-32-17-5-7-21(34-3)19(12-17)25-23(28)14-9-15(11-16(10-14)27(30)31)24(29)26-20-13-18(33-2)6-8-22(20)35-4/h5-13H,1-4H3,(H,25,28)(H,26,29). The summed E-state index contributed by atoms with van der Waals surface area (Å²) >= 11 is 0. The highest BCUT2D eigenvalue weighted by atomic mass is 16.6. The zero-order valence-electron chi connectivity index (χ0n) is 19.4. The van der Waals surface area contributed by atoms with Crippen LogP contribution in [0.4, 0.5) is 17.1 Å². The first-order chi connectivity index (χ1) is 16.8. The molecule has 3 aromatic carbocycles. The lowest BCUT2D eigenvalue weighted by atomic mass is 10.1. The van der Waals surface area contributed by atoms with Gasteiger partial charge in [0.05, 0.1) is 44.7 Å². The average molecular weight is 481 g/mol. The van der Waals surface area contributed by atoms with E-state index in [9.17, 15) is 19.7 Å². The van der Waals surface area contributed by atoms with Crippen molar-refractivity contribution < 1.29 is 33.5 Å². The number of amides is 2. The molecule has 3 aromatic rings. The Bertz CT molecular complexity index is 1190. The van der Waals surface area contributed by atoms with Gasteiger partial charge in [-0.3, -0.25) is 19.7 Å². The Balaban J connectivity index is 1.95. The summed E-state index contributed by atoms with van der Waals surface area (Å²) in [6, 6.07) is 13.0. The first kappa shape index (κ1) is 24.8. The third-order valence-corrected chi connectivity index (χ3v) is 4.96. The molecular weight excluding hydrogens is 458 g/mol. The molecule has 0 bridgehead atoms. The number of nitrogens with one attached hydrogen (secondary N) is 2. The van der Waals surface area contributed by atoms with E-state index in [-0.39, 0.29) is 22.5 Å². The molecule has 0 spiro atoms. The summed E-state index contributed by atoms with van der Waals surface area (Å²) in [6.07, 6.45) is 0. The number of methoxy groups -OCH3 is 4. The van der Waals surface area contributed by atoms with Crippen molar-refractivity contribution in [3.8, 4) is 23.0 Å².